The lowest BCUT2D eigenvalue weighted by molar-refractivity contribution is -0.114. The zero-order chi connectivity index (χ0) is 20.1. The van der Waals surface area contributed by atoms with Gasteiger partial charge < -0.3 is 16.0 Å². The minimum absolute atomic E-state index is 0.146. The van der Waals surface area contributed by atoms with Crippen molar-refractivity contribution in [2.75, 3.05) is 16.0 Å². The number of nitrogens with one attached hydrogen (secondary N) is 3. The molecule has 142 valence electrons. The smallest absolute Gasteiger partial charge is 0.258 e. The predicted molar refractivity (Wildman–Crippen MR) is 110 cm³/mol. The van der Waals surface area contributed by atoms with Crippen molar-refractivity contribution >= 4 is 34.8 Å². The van der Waals surface area contributed by atoms with Crippen molar-refractivity contribution in [3.05, 3.63) is 71.5 Å². The van der Waals surface area contributed by atoms with Gasteiger partial charge in [-0.2, -0.15) is 0 Å². The molecule has 7 heteroatoms. The van der Waals surface area contributed by atoms with Gasteiger partial charge in [-0.25, -0.2) is 9.97 Å². The number of aromatic nitrogens is 2. The lowest BCUT2D eigenvalue weighted by Gasteiger charge is -2.10. The van der Waals surface area contributed by atoms with E-state index in [1.807, 2.05) is 38.1 Å². The van der Waals surface area contributed by atoms with E-state index in [1.54, 1.807) is 18.2 Å². The Bertz CT molecular complexity index is 1020. The predicted octanol–water partition coefficient (Wildman–Crippen LogP) is 4.05. The van der Waals surface area contributed by atoms with Gasteiger partial charge in [0, 0.05) is 36.4 Å². The van der Waals surface area contributed by atoms with Gasteiger partial charge in [0.1, 0.15) is 0 Å². The van der Waals surface area contributed by atoms with Gasteiger partial charge in [0.25, 0.3) is 5.91 Å². The van der Waals surface area contributed by atoms with Crippen molar-refractivity contribution in [2.45, 2.75) is 20.8 Å². The fourth-order valence-corrected chi connectivity index (χ4v) is 2.60. The molecule has 7 nitrogen and oxygen atoms in total. The van der Waals surface area contributed by atoms with E-state index in [1.165, 1.54) is 19.3 Å². The van der Waals surface area contributed by atoms with Gasteiger partial charge >= 0.3 is 0 Å². The van der Waals surface area contributed by atoms with Gasteiger partial charge in [0.2, 0.25) is 11.9 Å². The van der Waals surface area contributed by atoms with Crippen molar-refractivity contribution in [2.24, 2.45) is 0 Å². The normalized spacial score (nSPS) is 10.2. The highest BCUT2D eigenvalue weighted by molar-refractivity contribution is 6.04. The van der Waals surface area contributed by atoms with Crippen LogP contribution in [0.3, 0.4) is 0 Å². The molecule has 0 radical (unpaired) electrons. The topological polar surface area (TPSA) is 96.0 Å². The standard InChI is InChI=1S/C21H21N5O2/c1-13-6-4-9-19(14(13)2)26-20(28)16-11-22-21(23-12-16)25-18-8-5-7-17(10-18)24-15(3)27/h4-12H,1-3H3,(H,24,27)(H,26,28)(H,22,23,25). The number of anilines is 4. The second-order valence-electron chi connectivity index (χ2n) is 6.38. The Morgan fingerprint density at radius 3 is 2.29 bits per heavy atom. The number of hydrogen-bond acceptors (Lipinski definition) is 5. The van der Waals surface area contributed by atoms with Gasteiger partial charge in [-0.05, 0) is 49.2 Å². The molecule has 1 aromatic heterocycles. The maximum Gasteiger partial charge on any atom is 0.258 e. The Labute approximate surface area is 163 Å². The van der Waals surface area contributed by atoms with E-state index in [0.29, 0.717) is 17.2 Å². The molecule has 28 heavy (non-hydrogen) atoms. The summed E-state index contributed by atoms with van der Waals surface area (Å²) in [7, 11) is 0. The number of carbonyl (C=O) groups excluding carboxylic acids is 2. The van der Waals surface area contributed by atoms with E-state index in [2.05, 4.69) is 25.9 Å². The molecule has 0 unspecified atom stereocenters. The van der Waals surface area contributed by atoms with E-state index < -0.39 is 0 Å². The lowest BCUT2D eigenvalue weighted by Crippen LogP contribution is -2.14. The Kier molecular flexibility index (Phi) is 5.64. The van der Waals surface area contributed by atoms with Crippen LogP contribution in [0, 0.1) is 13.8 Å². The van der Waals surface area contributed by atoms with E-state index >= 15 is 0 Å². The van der Waals surface area contributed by atoms with Gasteiger partial charge in [0.15, 0.2) is 0 Å². The summed E-state index contributed by atoms with van der Waals surface area (Å²) in [6, 6.07) is 12.9. The number of rotatable bonds is 5. The molecule has 0 fully saturated rings. The SMILES string of the molecule is CC(=O)Nc1cccc(Nc2ncc(C(=O)Nc3cccc(C)c3C)cn2)c1. The Hall–Kier alpha value is -3.74. The molecule has 0 aliphatic heterocycles. The number of amides is 2. The number of benzene rings is 2. The Morgan fingerprint density at radius 1 is 0.893 bits per heavy atom. The molecule has 0 atom stereocenters. The number of carbonyl (C=O) groups is 2. The molecule has 0 saturated heterocycles. The van der Waals surface area contributed by atoms with Crippen LogP contribution in [0.1, 0.15) is 28.4 Å². The first-order valence-corrected chi connectivity index (χ1v) is 8.76. The minimum atomic E-state index is -0.270. The van der Waals surface area contributed by atoms with Crippen LogP contribution in [0.5, 0.6) is 0 Å². The summed E-state index contributed by atoms with van der Waals surface area (Å²) in [5, 5.41) is 8.64. The van der Waals surface area contributed by atoms with Crippen molar-refractivity contribution in [3.8, 4) is 0 Å². The summed E-state index contributed by atoms with van der Waals surface area (Å²) >= 11 is 0. The average Bonchev–Trinajstić information content (AvgIpc) is 2.66. The maximum atomic E-state index is 12.4. The molecule has 3 N–H and O–H groups in total. The molecule has 0 spiro atoms. The molecule has 1 heterocycles. The zero-order valence-electron chi connectivity index (χ0n) is 15.9. The molecule has 2 aromatic carbocycles. The molecule has 2 amide bonds. The first-order chi connectivity index (χ1) is 13.4. The first kappa shape index (κ1) is 19.0. The van der Waals surface area contributed by atoms with Crippen LogP contribution in [0.15, 0.2) is 54.9 Å². The molecule has 3 aromatic rings. The van der Waals surface area contributed by atoms with Crippen LogP contribution in [0.25, 0.3) is 0 Å². The Balaban J connectivity index is 1.69. The highest BCUT2D eigenvalue weighted by Crippen LogP contribution is 2.20. The largest absolute Gasteiger partial charge is 0.326 e. The maximum absolute atomic E-state index is 12.4. The second kappa shape index (κ2) is 8.30. The molecular weight excluding hydrogens is 354 g/mol. The first-order valence-electron chi connectivity index (χ1n) is 8.76. The fourth-order valence-electron chi connectivity index (χ4n) is 2.60. The van der Waals surface area contributed by atoms with Gasteiger partial charge in [0.05, 0.1) is 5.56 Å². The van der Waals surface area contributed by atoms with E-state index in [0.717, 1.165) is 22.5 Å². The zero-order valence-corrected chi connectivity index (χ0v) is 15.9. The molecule has 0 bridgehead atoms. The molecule has 0 saturated carbocycles. The molecule has 3 rings (SSSR count). The van der Waals surface area contributed by atoms with Crippen molar-refractivity contribution in [1.29, 1.82) is 0 Å². The highest BCUT2D eigenvalue weighted by Gasteiger charge is 2.10. The van der Waals surface area contributed by atoms with Gasteiger partial charge in [-0.15, -0.1) is 0 Å². The average molecular weight is 375 g/mol. The van der Waals surface area contributed by atoms with Crippen LogP contribution in [0.4, 0.5) is 23.0 Å². The third kappa shape index (κ3) is 4.70. The third-order valence-electron chi connectivity index (χ3n) is 4.21. The number of hydrogen-bond donors (Lipinski definition) is 3. The number of nitrogens with zero attached hydrogens (tertiary/aromatic N) is 2. The van der Waals surface area contributed by atoms with Gasteiger partial charge in [-0.1, -0.05) is 18.2 Å². The third-order valence-corrected chi connectivity index (χ3v) is 4.21. The summed E-state index contributed by atoms with van der Waals surface area (Å²) in [5.41, 5.74) is 4.64. The quantitative estimate of drug-likeness (QED) is 0.625. The summed E-state index contributed by atoms with van der Waals surface area (Å²) in [6.07, 6.45) is 2.93. The van der Waals surface area contributed by atoms with Crippen molar-refractivity contribution in [1.82, 2.24) is 9.97 Å². The van der Waals surface area contributed by atoms with Crippen molar-refractivity contribution in [3.63, 3.8) is 0 Å². The highest BCUT2D eigenvalue weighted by atomic mass is 16.2. The van der Waals surface area contributed by atoms with Gasteiger partial charge in [-0.3, -0.25) is 9.59 Å². The summed E-state index contributed by atoms with van der Waals surface area (Å²) in [5.74, 6) is -0.0659. The summed E-state index contributed by atoms with van der Waals surface area (Å²) in [6.45, 7) is 5.41. The molecule has 0 aliphatic rings. The van der Waals surface area contributed by atoms with E-state index in [-0.39, 0.29) is 11.8 Å². The van der Waals surface area contributed by atoms with Crippen LogP contribution in [-0.4, -0.2) is 21.8 Å². The summed E-state index contributed by atoms with van der Waals surface area (Å²) in [4.78, 5) is 32.0. The van der Waals surface area contributed by atoms with Crippen LogP contribution >= 0.6 is 0 Å². The Morgan fingerprint density at radius 2 is 1.57 bits per heavy atom. The van der Waals surface area contributed by atoms with E-state index in [9.17, 15) is 9.59 Å². The fraction of sp³-hybridized carbons (Fsp3) is 0.143. The van der Waals surface area contributed by atoms with Crippen molar-refractivity contribution < 1.29 is 9.59 Å². The molecular formula is C21H21N5O2. The monoisotopic (exact) mass is 375 g/mol. The van der Waals surface area contributed by atoms with Crippen LogP contribution in [0.2, 0.25) is 0 Å². The summed E-state index contributed by atoms with van der Waals surface area (Å²) < 4.78 is 0. The lowest BCUT2D eigenvalue weighted by atomic mass is 10.1. The second-order valence-corrected chi connectivity index (χ2v) is 6.38. The van der Waals surface area contributed by atoms with Crippen LogP contribution < -0.4 is 16.0 Å². The van der Waals surface area contributed by atoms with E-state index in [4.69, 9.17) is 0 Å². The minimum Gasteiger partial charge on any atom is -0.326 e. The van der Waals surface area contributed by atoms with Crippen LogP contribution in [-0.2, 0) is 4.79 Å². The molecule has 0 aliphatic carbocycles. The number of aryl methyl sites for hydroxylation is 1.